The SMILES string of the molecule is Cc1ccc(Br)cc1CNCCCNC(C)C. The van der Waals surface area contributed by atoms with Crippen molar-refractivity contribution in [2.45, 2.75) is 39.8 Å². The summed E-state index contributed by atoms with van der Waals surface area (Å²) in [5.74, 6) is 0. The number of benzene rings is 1. The third-order valence-corrected chi connectivity index (χ3v) is 3.20. The van der Waals surface area contributed by atoms with E-state index >= 15 is 0 Å². The van der Waals surface area contributed by atoms with Crippen molar-refractivity contribution in [1.82, 2.24) is 10.6 Å². The Bertz CT molecular complexity index is 337. The molecule has 0 radical (unpaired) electrons. The molecule has 17 heavy (non-hydrogen) atoms. The molecule has 0 amide bonds. The molecule has 0 aliphatic carbocycles. The summed E-state index contributed by atoms with van der Waals surface area (Å²) in [5.41, 5.74) is 2.72. The van der Waals surface area contributed by atoms with Crippen molar-refractivity contribution >= 4 is 15.9 Å². The Labute approximate surface area is 113 Å². The zero-order chi connectivity index (χ0) is 12.7. The van der Waals surface area contributed by atoms with Gasteiger partial charge in [0.25, 0.3) is 0 Å². The van der Waals surface area contributed by atoms with Gasteiger partial charge in [-0.05, 0) is 49.7 Å². The lowest BCUT2D eigenvalue weighted by molar-refractivity contribution is 0.547. The van der Waals surface area contributed by atoms with E-state index in [-0.39, 0.29) is 0 Å². The maximum atomic E-state index is 3.51. The molecule has 0 saturated carbocycles. The standard InChI is InChI=1S/C14H23BrN2/c1-11(2)17-8-4-7-16-10-13-9-14(15)6-5-12(13)3/h5-6,9,11,16-17H,4,7-8,10H2,1-3H3. The van der Waals surface area contributed by atoms with Crippen LogP contribution in [0.3, 0.4) is 0 Å². The first kappa shape index (κ1) is 14.7. The largest absolute Gasteiger partial charge is 0.314 e. The van der Waals surface area contributed by atoms with E-state index in [4.69, 9.17) is 0 Å². The van der Waals surface area contributed by atoms with Crippen molar-refractivity contribution in [3.8, 4) is 0 Å². The fourth-order valence-electron chi connectivity index (χ4n) is 1.66. The van der Waals surface area contributed by atoms with Crippen molar-refractivity contribution in [2.75, 3.05) is 13.1 Å². The smallest absolute Gasteiger partial charge is 0.0208 e. The van der Waals surface area contributed by atoms with Crippen LogP contribution < -0.4 is 10.6 Å². The molecule has 96 valence electrons. The topological polar surface area (TPSA) is 24.1 Å². The Kier molecular flexibility index (Phi) is 6.78. The molecule has 0 aliphatic rings. The second-order valence-electron chi connectivity index (χ2n) is 4.71. The van der Waals surface area contributed by atoms with Crippen LogP contribution >= 0.6 is 15.9 Å². The molecule has 0 bridgehead atoms. The minimum Gasteiger partial charge on any atom is -0.314 e. The molecular weight excluding hydrogens is 276 g/mol. The summed E-state index contributed by atoms with van der Waals surface area (Å²) in [5, 5.41) is 6.90. The van der Waals surface area contributed by atoms with Gasteiger partial charge in [-0.25, -0.2) is 0 Å². The van der Waals surface area contributed by atoms with Gasteiger partial charge in [0, 0.05) is 17.1 Å². The highest BCUT2D eigenvalue weighted by molar-refractivity contribution is 9.10. The van der Waals surface area contributed by atoms with E-state index in [9.17, 15) is 0 Å². The third-order valence-electron chi connectivity index (χ3n) is 2.71. The minimum absolute atomic E-state index is 0.585. The van der Waals surface area contributed by atoms with Gasteiger partial charge in [0.1, 0.15) is 0 Å². The van der Waals surface area contributed by atoms with Gasteiger partial charge in [-0.15, -0.1) is 0 Å². The van der Waals surface area contributed by atoms with Gasteiger partial charge in [0.05, 0.1) is 0 Å². The van der Waals surface area contributed by atoms with Crippen LogP contribution in [0.2, 0.25) is 0 Å². The lowest BCUT2D eigenvalue weighted by Gasteiger charge is -2.10. The number of rotatable bonds is 7. The molecular formula is C14H23BrN2. The van der Waals surface area contributed by atoms with Gasteiger partial charge in [0.15, 0.2) is 0 Å². The van der Waals surface area contributed by atoms with Crippen LogP contribution in [-0.2, 0) is 6.54 Å². The number of hydrogen-bond acceptors (Lipinski definition) is 2. The summed E-state index contributed by atoms with van der Waals surface area (Å²) < 4.78 is 1.15. The van der Waals surface area contributed by atoms with Crippen molar-refractivity contribution in [1.29, 1.82) is 0 Å². The van der Waals surface area contributed by atoms with E-state index in [1.165, 1.54) is 17.5 Å². The first-order chi connectivity index (χ1) is 8.09. The Morgan fingerprint density at radius 1 is 1.24 bits per heavy atom. The Morgan fingerprint density at radius 2 is 2.00 bits per heavy atom. The lowest BCUT2D eigenvalue weighted by atomic mass is 10.1. The molecule has 0 saturated heterocycles. The molecule has 0 heterocycles. The van der Waals surface area contributed by atoms with Crippen molar-refractivity contribution in [3.05, 3.63) is 33.8 Å². The molecule has 3 heteroatoms. The average molecular weight is 299 g/mol. The highest BCUT2D eigenvalue weighted by atomic mass is 79.9. The first-order valence-corrected chi connectivity index (χ1v) is 7.08. The van der Waals surface area contributed by atoms with Crippen molar-refractivity contribution in [3.63, 3.8) is 0 Å². The molecule has 0 aromatic heterocycles. The quantitative estimate of drug-likeness (QED) is 0.755. The van der Waals surface area contributed by atoms with Gasteiger partial charge >= 0.3 is 0 Å². The number of hydrogen-bond donors (Lipinski definition) is 2. The minimum atomic E-state index is 0.585. The zero-order valence-corrected chi connectivity index (χ0v) is 12.6. The van der Waals surface area contributed by atoms with E-state index < -0.39 is 0 Å². The van der Waals surface area contributed by atoms with Crippen molar-refractivity contribution < 1.29 is 0 Å². The Balaban J connectivity index is 2.20. The summed E-state index contributed by atoms with van der Waals surface area (Å²) in [4.78, 5) is 0. The van der Waals surface area contributed by atoms with Crippen LogP contribution in [0.15, 0.2) is 22.7 Å². The van der Waals surface area contributed by atoms with E-state index in [1.807, 2.05) is 0 Å². The van der Waals surface area contributed by atoms with Crippen LogP contribution in [0.25, 0.3) is 0 Å². The molecule has 0 aliphatic heterocycles. The van der Waals surface area contributed by atoms with E-state index in [0.29, 0.717) is 6.04 Å². The van der Waals surface area contributed by atoms with Crippen LogP contribution in [0.1, 0.15) is 31.4 Å². The van der Waals surface area contributed by atoms with E-state index in [2.05, 4.69) is 65.5 Å². The fourth-order valence-corrected chi connectivity index (χ4v) is 2.07. The molecule has 1 aromatic carbocycles. The normalized spacial score (nSPS) is 11.1. The summed E-state index contributed by atoms with van der Waals surface area (Å²) in [6, 6.07) is 7.02. The molecule has 0 spiro atoms. The van der Waals surface area contributed by atoms with E-state index in [1.54, 1.807) is 0 Å². The monoisotopic (exact) mass is 298 g/mol. The molecule has 1 rings (SSSR count). The molecule has 2 N–H and O–H groups in total. The zero-order valence-electron chi connectivity index (χ0n) is 11.0. The highest BCUT2D eigenvalue weighted by Crippen LogP contribution is 2.15. The van der Waals surface area contributed by atoms with Crippen LogP contribution in [0.4, 0.5) is 0 Å². The fraction of sp³-hybridized carbons (Fsp3) is 0.571. The third kappa shape index (κ3) is 6.20. The predicted molar refractivity (Wildman–Crippen MR) is 78.3 cm³/mol. The second-order valence-corrected chi connectivity index (χ2v) is 5.63. The van der Waals surface area contributed by atoms with Crippen LogP contribution in [0.5, 0.6) is 0 Å². The summed E-state index contributed by atoms with van der Waals surface area (Å²) in [7, 11) is 0. The maximum Gasteiger partial charge on any atom is 0.0208 e. The Hall–Kier alpha value is -0.380. The summed E-state index contributed by atoms with van der Waals surface area (Å²) in [6.45, 7) is 9.61. The van der Waals surface area contributed by atoms with Crippen molar-refractivity contribution in [2.24, 2.45) is 0 Å². The van der Waals surface area contributed by atoms with Gasteiger partial charge in [0.2, 0.25) is 0 Å². The van der Waals surface area contributed by atoms with Gasteiger partial charge < -0.3 is 10.6 Å². The van der Waals surface area contributed by atoms with Gasteiger partial charge in [-0.3, -0.25) is 0 Å². The number of nitrogens with one attached hydrogen (secondary N) is 2. The predicted octanol–water partition coefficient (Wildman–Crippen LogP) is 3.24. The van der Waals surface area contributed by atoms with Crippen LogP contribution in [0, 0.1) is 6.92 Å². The van der Waals surface area contributed by atoms with Gasteiger partial charge in [-0.2, -0.15) is 0 Å². The Morgan fingerprint density at radius 3 is 2.71 bits per heavy atom. The lowest BCUT2D eigenvalue weighted by Crippen LogP contribution is -2.26. The van der Waals surface area contributed by atoms with Gasteiger partial charge in [-0.1, -0.05) is 35.8 Å². The molecule has 1 aromatic rings. The van der Waals surface area contributed by atoms with E-state index in [0.717, 1.165) is 24.1 Å². The van der Waals surface area contributed by atoms with Crippen LogP contribution in [-0.4, -0.2) is 19.1 Å². The number of aryl methyl sites for hydroxylation is 1. The summed E-state index contributed by atoms with van der Waals surface area (Å²) >= 11 is 3.51. The number of halogens is 1. The second kappa shape index (κ2) is 7.85. The molecule has 0 atom stereocenters. The molecule has 2 nitrogen and oxygen atoms in total. The highest BCUT2D eigenvalue weighted by Gasteiger charge is 1.99. The summed E-state index contributed by atoms with van der Waals surface area (Å²) in [6.07, 6.45) is 1.17. The molecule has 0 unspecified atom stereocenters. The average Bonchev–Trinajstić information content (AvgIpc) is 2.27. The maximum absolute atomic E-state index is 3.51. The molecule has 0 fully saturated rings. The first-order valence-electron chi connectivity index (χ1n) is 6.28.